The number of hydrogen-bond acceptors (Lipinski definition) is 3. The number of nitrogens with two attached hydrogens (primary N) is 1. The Morgan fingerprint density at radius 2 is 2.24 bits per heavy atom. The van der Waals surface area contributed by atoms with Crippen LogP contribution in [0, 0.1) is 11.3 Å². The molecule has 4 heteroatoms. The SMILES string of the molecule is CCCCC(CC)COc1nc2c(cc1C(=N)N)CCC2. The molecule has 1 aliphatic rings. The zero-order valence-electron chi connectivity index (χ0n) is 13.2. The third-order valence-corrected chi connectivity index (χ3v) is 4.31. The van der Waals surface area contributed by atoms with E-state index in [0.29, 0.717) is 24.0 Å². The van der Waals surface area contributed by atoms with Gasteiger partial charge in [-0.05, 0) is 43.2 Å². The second-order valence-corrected chi connectivity index (χ2v) is 5.94. The first kappa shape index (κ1) is 15.8. The van der Waals surface area contributed by atoms with Crippen LogP contribution < -0.4 is 10.5 Å². The molecule has 0 aromatic carbocycles. The molecule has 1 aliphatic carbocycles. The van der Waals surface area contributed by atoms with Gasteiger partial charge in [0.1, 0.15) is 5.84 Å². The average Bonchev–Trinajstić information content (AvgIpc) is 2.93. The fraction of sp³-hybridized carbons (Fsp3) is 0.647. The van der Waals surface area contributed by atoms with Crippen LogP contribution in [0.3, 0.4) is 0 Å². The summed E-state index contributed by atoms with van der Waals surface area (Å²) in [5, 5.41) is 7.74. The number of rotatable bonds is 8. The molecule has 0 fully saturated rings. The number of ether oxygens (including phenoxy) is 1. The Morgan fingerprint density at radius 3 is 2.90 bits per heavy atom. The van der Waals surface area contributed by atoms with Crippen LogP contribution in [0.15, 0.2) is 6.07 Å². The van der Waals surface area contributed by atoms with Gasteiger partial charge >= 0.3 is 0 Å². The molecule has 21 heavy (non-hydrogen) atoms. The highest BCUT2D eigenvalue weighted by Gasteiger charge is 2.19. The Balaban J connectivity index is 2.09. The van der Waals surface area contributed by atoms with Gasteiger partial charge in [-0.3, -0.25) is 5.41 Å². The molecule has 0 aliphatic heterocycles. The molecule has 116 valence electrons. The number of fused-ring (bicyclic) bond motifs is 1. The van der Waals surface area contributed by atoms with Crippen molar-refractivity contribution in [3.05, 3.63) is 22.9 Å². The molecule has 1 aromatic rings. The van der Waals surface area contributed by atoms with Gasteiger partial charge in [0.25, 0.3) is 0 Å². The van der Waals surface area contributed by atoms with Crippen LogP contribution in [0.2, 0.25) is 0 Å². The lowest BCUT2D eigenvalue weighted by molar-refractivity contribution is 0.225. The number of hydrogen-bond donors (Lipinski definition) is 2. The van der Waals surface area contributed by atoms with Crippen molar-refractivity contribution in [2.45, 2.75) is 58.8 Å². The number of nitrogens with one attached hydrogen (secondary N) is 1. The lowest BCUT2D eigenvalue weighted by Gasteiger charge is -2.17. The van der Waals surface area contributed by atoms with Gasteiger partial charge in [-0.1, -0.05) is 33.1 Å². The highest BCUT2D eigenvalue weighted by atomic mass is 16.5. The third kappa shape index (κ3) is 3.96. The zero-order valence-corrected chi connectivity index (χ0v) is 13.2. The topological polar surface area (TPSA) is 72.0 Å². The number of aryl methyl sites for hydroxylation is 2. The molecule has 1 aromatic heterocycles. The summed E-state index contributed by atoms with van der Waals surface area (Å²) in [6.45, 7) is 5.08. The van der Waals surface area contributed by atoms with E-state index in [1.807, 2.05) is 6.07 Å². The van der Waals surface area contributed by atoms with E-state index < -0.39 is 0 Å². The molecule has 0 bridgehead atoms. The van der Waals surface area contributed by atoms with E-state index in [-0.39, 0.29) is 5.84 Å². The molecule has 1 atom stereocenters. The summed E-state index contributed by atoms with van der Waals surface area (Å²) in [6, 6.07) is 2.00. The van der Waals surface area contributed by atoms with E-state index in [1.54, 1.807) is 0 Å². The maximum absolute atomic E-state index is 7.74. The minimum Gasteiger partial charge on any atom is -0.477 e. The maximum atomic E-state index is 7.74. The molecule has 0 radical (unpaired) electrons. The van der Waals surface area contributed by atoms with E-state index in [2.05, 4.69) is 18.8 Å². The molecular weight excluding hydrogens is 262 g/mol. The summed E-state index contributed by atoms with van der Waals surface area (Å²) in [6.07, 6.45) is 7.93. The van der Waals surface area contributed by atoms with E-state index in [4.69, 9.17) is 15.9 Å². The van der Waals surface area contributed by atoms with Crippen molar-refractivity contribution < 1.29 is 4.74 Å². The number of nitrogen functional groups attached to an aromatic ring is 1. The number of nitrogens with zero attached hydrogens (tertiary/aromatic N) is 1. The first-order chi connectivity index (χ1) is 10.2. The van der Waals surface area contributed by atoms with Gasteiger partial charge in [-0.2, -0.15) is 0 Å². The summed E-state index contributed by atoms with van der Waals surface area (Å²) >= 11 is 0. The van der Waals surface area contributed by atoms with Gasteiger partial charge in [0.05, 0.1) is 12.2 Å². The van der Waals surface area contributed by atoms with Crippen LogP contribution in [0.4, 0.5) is 0 Å². The van der Waals surface area contributed by atoms with E-state index in [0.717, 1.165) is 31.4 Å². The standard InChI is InChI=1S/C17H27N3O/c1-3-5-7-12(4-2)11-21-17-14(16(18)19)10-13-8-6-9-15(13)20-17/h10,12H,3-9,11H2,1-2H3,(H3,18,19). The molecule has 0 spiro atoms. The predicted octanol–water partition coefficient (Wildman–Crippen LogP) is 3.45. The fourth-order valence-corrected chi connectivity index (χ4v) is 2.85. The fourth-order valence-electron chi connectivity index (χ4n) is 2.85. The monoisotopic (exact) mass is 289 g/mol. The Morgan fingerprint density at radius 1 is 1.43 bits per heavy atom. The summed E-state index contributed by atoms with van der Waals surface area (Å²) in [7, 11) is 0. The van der Waals surface area contributed by atoms with Crippen molar-refractivity contribution in [2.75, 3.05) is 6.61 Å². The zero-order chi connectivity index (χ0) is 15.2. The maximum Gasteiger partial charge on any atom is 0.224 e. The minimum atomic E-state index is 0.0498. The van der Waals surface area contributed by atoms with Gasteiger partial charge in [-0.15, -0.1) is 0 Å². The third-order valence-electron chi connectivity index (χ3n) is 4.31. The molecule has 0 amide bonds. The summed E-state index contributed by atoms with van der Waals surface area (Å²) in [5.41, 5.74) is 8.69. The van der Waals surface area contributed by atoms with E-state index >= 15 is 0 Å². The Labute approximate surface area is 127 Å². The molecule has 0 saturated heterocycles. The van der Waals surface area contributed by atoms with Gasteiger partial charge in [-0.25, -0.2) is 4.98 Å². The predicted molar refractivity (Wildman–Crippen MR) is 86.1 cm³/mol. The van der Waals surface area contributed by atoms with Crippen LogP contribution in [0.1, 0.15) is 62.8 Å². The summed E-state index contributed by atoms with van der Waals surface area (Å²) in [5.74, 6) is 1.16. The van der Waals surface area contributed by atoms with Crippen molar-refractivity contribution in [1.29, 1.82) is 5.41 Å². The molecule has 4 nitrogen and oxygen atoms in total. The summed E-state index contributed by atoms with van der Waals surface area (Å²) in [4.78, 5) is 4.62. The van der Waals surface area contributed by atoms with Gasteiger partial charge < -0.3 is 10.5 Å². The highest BCUT2D eigenvalue weighted by Crippen LogP contribution is 2.27. The number of pyridine rings is 1. The molecule has 1 heterocycles. The van der Waals surface area contributed by atoms with Crippen molar-refractivity contribution in [3.63, 3.8) is 0 Å². The quantitative estimate of drug-likeness (QED) is 0.568. The molecule has 1 unspecified atom stereocenters. The first-order valence-electron chi connectivity index (χ1n) is 8.15. The minimum absolute atomic E-state index is 0.0498. The molecule has 3 N–H and O–H groups in total. The van der Waals surface area contributed by atoms with E-state index in [1.165, 1.54) is 24.8 Å². The van der Waals surface area contributed by atoms with Crippen LogP contribution >= 0.6 is 0 Å². The second-order valence-electron chi connectivity index (χ2n) is 5.94. The van der Waals surface area contributed by atoms with Gasteiger partial charge in [0.15, 0.2) is 0 Å². The Kier molecular flexibility index (Phi) is 5.59. The van der Waals surface area contributed by atoms with Gasteiger partial charge in [0, 0.05) is 5.69 Å². The van der Waals surface area contributed by atoms with Crippen molar-refractivity contribution in [3.8, 4) is 5.88 Å². The lowest BCUT2D eigenvalue weighted by atomic mass is 10.0. The molecule has 2 rings (SSSR count). The first-order valence-corrected chi connectivity index (χ1v) is 8.15. The van der Waals surface area contributed by atoms with E-state index in [9.17, 15) is 0 Å². The average molecular weight is 289 g/mol. The van der Waals surface area contributed by atoms with Crippen molar-refractivity contribution in [2.24, 2.45) is 11.7 Å². The Hall–Kier alpha value is -1.58. The lowest BCUT2D eigenvalue weighted by Crippen LogP contribution is -2.18. The largest absolute Gasteiger partial charge is 0.477 e. The molecular formula is C17H27N3O. The number of unbranched alkanes of at least 4 members (excludes halogenated alkanes) is 1. The van der Waals surface area contributed by atoms with Crippen LogP contribution in [-0.4, -0.2) is 17.4 Å². The van der Waals surface area contributed by atoms with Crippen LogP contribution in [-0.2, 0) is 12.8 Å². The van der Waals surface area contributed by atoms with Crippen LogP contribution in [0.25, 0.3) is 0 Å². The number of aromatic nitrogens is 1. The second kappa shape index (κ2) is 7.43. The van der Waals surface area contributed by atoms with Crippen molar-refractivity contribution >= 4 is 5.84 Å². The smallest absolute Gasteiger partial charge is 0.224 e. The molecule has 0 saturated carbocycles. The summed E-state index contributed by atoms with van der Waals surface area (Å²) < 4.78 is 5.94. The normalized spacial score (nSPS) is 14.8. The van der Waals surface area contributed by atoms with Crippen LogP contribution in [0.5, 0.6) is 5.88 Å². The number of amidine groups is 1. The van der Waals surface area contributed by atoms with Crippen molar-refractivity contribution in [1.82, 2.24) is 4.98 Å². The highest BCUT2D eigenvalue weighted by molar-refractivity contribution is 5.97. The van der Waals surface area contributed by atoms with Gasteiger partial charge in [0.2, 0.25) is 5.88 Å². The Bertz CT molecular complexity index is 499.